The van der Waals surface area contributed by atoms with E-state index in [2.05, 4.69) is 15.6 Å². The number of aromatic nitrogens is 1. The number of rotatable bonds is 4. The summed E-state index contributed by atoms with van der Waals surface area (Å²) < 4.78 is 0. The van der Waals surface area contributed by atoms with Gasteiger partial charge in [0.2, 0.25) is 0 Å². The summed E-state index contributed by atoms with van der Waals surface area (Å²) in [6.07, 6.45) is 3.39. The molecule has 6 nitrogen and oxygen atoms in total. The second-order valence-corrected chi connectivity index (χ2v) is 3.98. The van der Waals surface area contributed by atoms with Crippen molar-refractivity contribution in [2.45, 2.75) is 25.3 Å². The Balaban J connectivity index is 1.88. The molecular formula is C11H13N3O3. The van der Waals surface area contributed by atoms with E-state index in [0.29, 0.717) is 17.4 Å². The highest BCUT2D eigenvalue weighted by molar-refractivity contribution is 5.89. The maximum absolute atomic E-state index is 11.4. The highest BCUT2D eigenvalue weighted by Gasteiger charge is 2.23. The van der Waals surface area contributed by atoms with Crippen molar-refractivity contribution in [1.82, 2.24) is 10.3 Å². The number of hydrogen-bond donors (Lipinski definition) is 3. The third-order valence-electron chi connectivity index (χ3n) is 2.33. The minimum atomic E-state index is -0.926. The summed E-state index contributed by atoms with van der Waals surface area (Å²) in [7, 11) is 0. The molecule has 90 valence electrons. The van der Waals surface area contributed by atoms with E-state index < -0.39 is 5.97 Å². The average Bonchev–Trinajstić information content (AvgIpc) is 3.04. The first-order valence-electron chi connectivity index (χ1n) is 5.38. The minimum absolute atomic E-state index is 0.117. The zero-order valence-corrected chi connectivity index (χ0v) is 9.14. The van der Waals surface area contributed by atoms with Crippen molar-refractivity contribution >= 4 is 17.7 Å². The molecule has 0 bridgehead atoms. The fourth-order valence-corrected chi connectivity index (χ4v) is 1.34. The SMILES string of the molecule is O=C(O)Cc1ccc(NC(=O)NC2CC2)cn1. The number of amides is 2. The molecule has 2 amide bonds. The van der Waals surface area contributed by atoms with Crippen molar-refractivity contribution in [2.75, 3.05) is 5.32 Å². The van der Waals surface area contributed by atoms with Crippen LogP contribution < -0.4 is 10.6 Å². The predicted octanol–water partition coefficient (Wildman–Crippen LogP) is 0.993. The van der Waals surface area contributed by atoms with Gasteiger partial charge < -0.3 is 15.7 Å². The zero-order chi connectivity index (χ0) is 12.3. The van der Waals surface area contributed by atoms with Crippen LogP contribution in [0.4, 0.5) is 10.5 Å². The molecule has 2 rings (SSSR count). The molecule has 0 aromatic carbocycles. The Morgan fingerprint density at radius 2 is 2.18 bits per heavy atom. The molecule has 0 saturated heterocycles. The number of carbonyl (C=O) groups is 2. The Morgan fingerprint density at radius 1 is 1.41 bits per heavy atom. The average molecular weight is 235 g/mol. The molecule has 6 heteroatoms. The first-order valence-corrected chi connectivity index (χ1v) is 5.38. The van der Waals surface area contributed by atoms with Crippen molar-refractivity contribution in [3.63, 3.8) is 0 Å². The number of carboxylic acid groups (broad SMARTS) is 1. The van der Waals surface area contributed by atoms with Crippen LogP contribution in [0.2, 0.25) is 0 Å². The van der Waals surface area contributed by atoms with Crippen LogP contribution in [0.15, 0.2) is 18.3 Å². The molecular weight excluding hydrogens is 222 g/mol. The highest BCUT2D eigenvalue weighted by atomic mass is 16.4. The van der Waals surface area contributed by atoms with Crippen LogP contribution in [-0.2, 0) is 11.2 Å². The molecule has 1 aromatic heterocycles. The Kier molecular flexibility index (Phi) is 3.22. The molecule has 1 aliphatic rings. The summed E-state index contributed by atoms with van der Waals surface area (Å²) in [6, 6.07) is 3.27. The van der Waals surface area contributed by atoms with Gasteiger partial charge in [-0.15, -0.1) is 0 Å². The van der Waals surface area contributed by atoms with Crippen molar-refractivity contribution in [3.8, 4) is 0 Å². The number of anilines is 1. The largest absolute Gasteiger partial charge is 0.481 e. The van der Waals surface area contributed by atoms with E-state index >= 15 is 0 Å². The van der Waals surface area contributed by atoms with Crippen molar-refractivity contribution in [1.29, 1.82) is 0 Å². The molecule has 1 saturated carbocycles. The molecule has 1 aromatic rings. The summed E-state index contributed by atoms with van der Waals surface area (Å²) in [5, 5.41) is 14.0. The first-order chi connectivity index (χ1) is 8.13. The van der Waals surface area contributed by atoms with Crippen LogP contribution in [0.1, 0.15) is 18.5 Å². The van der Waals surface area contributed by atoms with Crippen LogP contribution in [0.5, 0.6) is 0 Å². The second kappa shape index (κ2) is 4.82. The fourth-order valence-electron chi connectivity index (χ4n) is 1.34. The molecule has 0 aliphatic heterocycles. The number of nitrogens with one attached hydrogen (secondary N) is 2. The van der Waals surface area contributed by atoms with Gasteiger partial charge in [-0.05, 0) is 25.0 Å². The van der Waals surface area contributed by atoms with Gasteiger partial charge in [-0.25, -0.2) is 4.79 Å². The normalized spacial score (nSPS) is 14.1. The molecule has 0 unspecified atom stereocenters. The highest BCUT2D eigenvalue weighted by Crippen LogP contribution is 2.18. The van der Waals surface area contributed by atoms with Crippen LogP contribution in [0.25, 0.3) is 0 Å². The second-order valence-electron chi connectivity index (χ2n) is 3.98. The molecule has 0 spiro atoms. The Morgan fingerprint density at radius 3 is 2.71 bits per heavy atom. The molecule has 0 radical (unpaired) electrons. The van der Waals surface area contributed by atoms with E-state index in [9.17, 15) is 9.59 Å². The lowest BCUT2D eigenvalue weighted by molar-refractivity contribution is -0.136. The lowest BCUT2D eigenvalue weighted by Gasteiger charge is -2.06. The van der Waals surface area contributed by atoms with Gasteiger partial charge >= 0.3 is 12.0 Å². The quantitative estimate of drug-likeness (QED) is 0.725. The van der Waals surface area contributed by atoms with Gasteiger partial charge in [-0.2, -0.15) is 0 Å². The number of nitrogens with zero attached hydrogens (tertiary/aromatic N) is 1. The molecule has 17 heavy (non-hydrogen) atoms. The Hall–Kier alpha value is -2.11. The minimum Gasteiger partial charge on any atom is -0.481 e. The van der Waals surface area contributed by atoms with Gasteiger partial charge in [-0.1, -0.05) is 0 Å². The van der Waals surface area contributed by atoms with E-state index in [-0.39, 0.29) is 12.5 Å². The van der Waals surface area contributed by atoms with E-state index in [1.807, 2.05) is 0 Å². The van der Waals surface area contributed by atoms with Crippen molar-refractivity contribution in [3.05, 3.63) is 24.0 Å². The third kappa shape index (κ3) is 3.75. The van der Waals surface area contributed by atoms with Gasteiger partial charge in [0, 0.05) is 6.04 Å². The smallest absolute Gasteiger partial charge is 0.319 e. The molecule has 1 aliphatic carbocycles. The standard InChI is InChI=1S/C11H13N3O3/c15-10(16)5-8-3-4-9(6-12-8)14-11(17)13-7-1-2-7/h3-4,6-7H,1-2,5H2,(H,15,16)(H2,13,14,17). The van der Waals surface area contributed by atoms with E-state index in [1.54, 1.807) is 12.1 Å². The summed E-state index contributed by atoms with van der Waals surface area (Å²) in [5.41, 5.74) is 1.02. The van der Waals surface area contributed by atoms with Gasteiger partial charge in [0.05, 0.1) is 24.0 Å². The number of carbonyl (C=O) groups excluding carboxylic acids is 1. The van der Waals surface area contributed by atoms with Crippen LogP contribution in [-0.4, -0.2) is 28.1 Å². The Bertz CT molecular complexity index is 426. The molecule has 0 atom stereocenters. The topological polar surface area (TPSA) is 91.3 Å². The van der Waals surface area contributed by atoms with Gasteiger partial charge in [0.15, 0.2) is 0 Å². The number of urea groups is 1. The monoisotopic (exact) mass is 235 g/mol. The predicted molar refractivity (Wildman–Crippen MR) is 60.8 cm³/mol. The van der Waals surface area contributed by atoms with Crippen molar-refractivity contribution in [2.24, 2.45) is 0 Å². The lowest BCUT2D eigenvalue weighted by atomic mass is 10.2. The number of hydrogen-bond acceptors (Lipinski definition) is 3. The molecule has 3 N–H and O–H groups in total. The molecule has 1 heterocycles. The van der Waals surface area contributed by atoms with E-state index in [4.69, 9.17) is 5.11 Å². The summed E-state index contributed by atoms with van der Waals surface area (Å²) >= 11 is 0. The maximum Gasteiger partial charge on any atom is 0.319 e. The van der Waals surface area contributed by atoms with Gasteiger partial charge in [-0.3, -0.25) is 9.78 Å². The first kappa shape index (κ1) is 11.4. The number of aliphatic carboxylic acids is 1. The van der Waals surface area contributed by atoms with Gasteiger partial charge in [0.1, 0.15) is 0 Å². The summed E-state index contributed by atoms with van der Waals surface area (Å²) in [6.45, 7) is 0. The molecule has 1 fully saturated rings. The number of carboxylic acids is 1. The third-order valence-corrected chi connectivity index (χ3v) is 2.33. The van der Waals surface area contributed by atoms with Crippen LogP contribution in [0, 0.1) is 0 Å². The van der Waals surface area contributed by atoms with Crippen molar-refractivity contribution < 1.29 is 14.7 Å². The number of pyridine rings is 1. The van der Waals surface area contributed by atoms with Crippen LogP contribution >= 0.6 is 0 Å². The van der Waals surface area contributed by atoms with E-state index in [1.165, 1.54) is 6.20 Å². The van der Waals surface area contributed by atoms with Gasteiger partial charge in [0.25, 0.3) is 0 Å². The van der Waals surface area contributed by atoms with E-state index in [0.717, 1.165) is 12.8 Å². The Labute approximate surface area is 98.1 Å². The maximum atomic E-state index is 11.4. The summed E-state index contributed by atoms with van der Waals surface area (Å²) in [5.74, 6) is -0.926. The zero-order valence-electron chi connectivity index (χ0n) is 9.14. The lowest BCUT2D eigenvalue weighted by Crippen LogP contribution is -2.30. The van der Waals surface area contributed by atoms with Crippen LogP contribution in [0.3, 0.4) is 0 Å². The summed E-state index contributed by atoms with van der Waals surface area (Å²) in [4.78, 5) is 25.8. The fraction of sp³-hybridized carbons (Fsp3) is 0.364.